The molecule has 1 aromatic heterocycles. The zero-order valence-electron chi connectivity index (χ0n) is 8.12. The van der Waals surface area contributed by atoms with Gasteiger partial charge in [0.1, 0.15) is 0 Å². The molecule has 1 heterocycles. The van der Waals surface area contributed by atoms with Gasteiger partial charge in [-0.05, 0) is 31.4 Å². The number of nitriles is 1. The quantitative estimate of drug-likeness (QED) is 0.706. The third-order valence-corrected chi connectivity index (χ3v) is 2.37. The second kappa shape index (κ2) is 4.04. The number of nitrogens with zero attached hydrogens (tertiary/aromatic N) is 2. The standard InChI is InChI=1S/C11H14N2/c1-3-11(2,9-12)7-10-5-4-6-13-8-10/h4-6,8H,3,7H2,1-2H3. The van der Waals surface area contributed by atoms with E-state index in [0.717, 1.165) is 18.4 Å². The highest BCUT2D eigenvalue weighted by atomic mass is 14.6. The Morgan fingerprint density at radius 2 is 2.38 bits per heavy atom. The van der Waals surface area contributed by atoms with Crippen molar-refractivity contribution in [3.05, 3.63) is 30.1 Å². The number of rotatable bonds is 3. The molecule has 0 radical (unpaired) electrons. The summed E-state index contributed by atoms with van der Waals surface area (Å²) in [4.78, 5) is 4.03. The van der Waals surface area contributed by atoms with Crippen molar-refractivity contribution >= 4 is 0 Å². The molecule has 68 valence electrons. The minimum atomic E-state index is -0.247. The van der Waals surface area contributed by atoms with E-state index in [9.17, 15) is 0 Å². The highest BCUT2D eigenvalue weighted by Crippen LogP contribution is 2.24. The van der Waals surface area contributed by atoms with Crippen molar-refractivity contribution in [2.24, 2.45) is 5.41 Å². The molecule has 0 bridgehead atoms. The fourth-order valence-electron chi connectivity index (χ4n) is 1.20. The molecule has 2 nitrogen and oxygen atoms in total. The van der Waals surface area contributed by atoms with Gasteiger partial charge in [0, 0.05) is 12.4 Å². The van der Waals surface area contributed by atoms with Crippen LogP contribution in [0.2, 0.25) is 0 Å². The first-order chi connectivity index (χ1) is 6.20. The maximum Gasteiger partial charge on any atom is 0.0690 e. The second-order valence-electron chi connectivity index (χ2n) is 3.56. The molecule has 0 aromatic carbocycles. The molecule has 13 heavy (non-hydrogen) atoms. The monoisotopic (exact) mass is 174 g/mol. The second-order valence-corrected chi connectivity index (χ2v) is 3.56. The van der Waals surface area contributed by atoms with E-state index in [1.807, 2.05) is 32.2 Å². The molecule has 1 aromatic rings. The van der Waals surface area contributed by atoms with Gasteiger partial charge in [0.05, 0.1) is 11.5 Å². The predicted octanol–water partition coefficient (Wildman–Crippen LogP) is 2.56. The Kier molecular flexibility index (Phi) is 3.02. The molecule has 1 unspecified atom stereocenters. The zero-order chi connectivity index (χ0) is 9.73. The van der Waals surface area contributed by atoms with Crippen LogP contribution in [0.25, 0.3) is 0 Å². The van der Waals surface area contributed by atoms with E-state index in [1.165, 1.54) is 0 Å². The molecule has 0 saturated carbocycles. The molecule has 0 saturated heterocycles. The van der Waals surface area contributed by atoms with Crippen LogP contribution >= 0.6 is 0 Å². The number of aromatic nitrogens is 1. The number of hydrogen-bond acceptors (Lipinski definition) is 2. The Labute approximate surface area is 79.2 Å². The fraction of sp³-hybridized carbons (Fsp3) is 0.455. The summed E-state index contributed by atoms with van der Waals surface area (Å²) in [7, 11) is 0. The molecular weight excluding hydrogens is 160 g/mol. The predicted molar refractivity (Wildman–Crippen MR) is 52.0 cm³/mol. The van der Waals surface area contributed by atoms with Crippen LogP contribution in [-0.2, 0) is 6.42 Å². The lowest BCUT2D eigenvalue weighted by atomic mass is 9.83. The van der Waals surface area contributed by atoms with Gasteiger partial charge in [0.15, 0.2) is 0 Å². The van der Waals surface area contributed by atoms with Gasteiger partial charge in [-0.15, -0.1) is 0 Å². The molecule has 0 aliphatic heterocycles. The van der Waals surface area contributed by atoms with Gasteiger partial charge in [-0.2, -0.15) is 5.26 Å². The summed E-state index contributed by atoms with van der Waals surface area (Å²) in [6.45, 7) is 4.03. The normalized spacial score (nSPS) is 14.5. The van der Waals surface area contributed by atoms with E-state index in [1.54, 1.807) is 6.20 Å². The molecule has 1 rings (SSSR count). The van der Waals surface area contributed by atoms with Crippen LogP contribution in [0.4, 0.5) is 0 Å². The van der Waals surface area contributed by atoms with Crippen LogP contribution in [0.15, 0.2) is 24.5 Å². The van der Waals surface area contributed by atoms with Gasteiger partial charge >= 0.3 is 0 Å². The Morgan fingerprint density at radius 3 is 2.85 bits per heavy atom. The van der Waals surface area contributed by atoms with Crippen molar-refractivity contribution in [2.45, 2.75) is 26.7 Å². The van der Waals surface area contributed by atoms with E-state index in [2.05, 4.69) is 11.1 Å². The summed E-state index contributed by atoms with van der Waals surface area (Å²) in [5, 5.41) is 8.98. The summed E-state index contributed by atoms with van der Waals surface area (Å²) in [6.07, 6.45) is 5.23. The van der Waals surface area contributed by atoms with E-state index in [0.29, 0.717) is 0 Å². The van der Waals surface area contributed by atoms with Gasteiger partial charge in [-0.1, -0.05) is 13.0 Å². The third-order valence-electron chi connectivity index (χ3n) is 2.37. The van der Waals surface area contributed by atoms with Crippen LogP contribution in [0.3, 0.4) is 0 Å². The first kappa shape index (κ1) is 9.73. The minimum absolute atomic E-state index is 0.247. The topological polar surface area (TPSA) is 36.7 Å². The van der Waals surface area contributed by atoms with Gasteiger partial charge in [-0.3, -0.25) is 4.98 Å². The Bertz CT molecular complexity index is 300. The van der Waals surface area contributed by atoms with Crippen molar-refractivity contribution in [2.75, 3.05) is 0 Å². The van der Waals surface area contributed by atoms with Gasteiger partial charge < -0.3 is 0 Å². The van der Waals surface area contributed by atoms with Gasteiger partial charge in [-0.25, -0.2) is 0 Å². The molecule has 0 N–H and O–H groups in total. The van der Waals surface area contributed by atoms with Crippen molar-refractivity contribution in [3.63, 3.8) is 0 Å². The minimum Gasteiger partial charge on any atom is -0.264 e. The molecular formula is C11H14N2. The lowest BCUT2D eigenvalue weighted by Crippen LogP contribution is -2.15. The molecule has 0 aliphatic rings. The first-order valence-corrected chi connectivity index (χ1v) is 4.50. The van der Waals surface area contributed by atoms with Crippen LogP contribution in [-0.4, -0.2) is 4.98 Å². The lowest BCUT2D eigenvalue weighted by Gasteiger charge is -2.18. The van der Waals surface area contributed by atoms with E-state index in [-0.39, 0.29) is 5.41 Å². The zero-order valence-corrected chi connectivity index (χ0v) is 8.12. The highest BCUT2D eigenvalue weighted by molar-refractivity contribution is 5.14. The summed E-state index contributed by atoms with van der Waals surface area (Å²) in [5.74, 6) is 0. The number of hydrogen-bond donors (Lipinski definition) is 0. The number of pyridine rings is 1. The maximum absolute atomic E-state index is 8.98. The maximum atomic E-state index is 8.98. The Morgan fingerprint density at radius 1 is 1.62 bits per heavy atom. The largest absolute Gasteiger partial charge is 0.264 e. The van der Waals surface area contributed by atoms with E-state index in [4.69, 9.17) is 5.26 Å². The first-order valence-electron chi connectivity index (χ1n) is 4.50. The van der Waals surface area contributed by atoms with Crippen molar-refractivity contribution in [1.82, 2.24) is 4.98 Å². The van der Waals surface area contributed by atoms with Crippen LogP contribution in [0.5, 0.6) is 0 Å². The van der Waals surface area contributed by atoms with E-state index >= 15 is 0 Å². The summed E-state index contributed by atoms with van der Waals surface area (Å²) < 4.78 is 0. The molecule has 0 amide bonds. The van der Waals surface area contributed by atoms with Gasteiger partial charge in [0.25, 0.3) is 0 Å². The van der Waals surface area contributed by atoms with E-state index < -0.39 is 0 Å². The molecule has 0 fully saturated rings. The molecule has 0 spiro atoms. The SMILES string of the molecule is CCC(C)(C#N)Cc1cccnc1. The van der Waals surface area contributed by atoms with Crippen molar-refractivity contribution in [1.29, 1.82) is 5.26 Å². The summed E-state index contributed by atoms with van der Waals surface area (Å²) >= 11 is 0. The lowest BCUT2D eigenvalue weighted by molar-refractivity contribution is 0.422. The Balaban J connectivity index is 2.75. The van der Waals surface area contributed by atoms with Gasteiger partial charge in [0.2, 0.25) is 0 Å². The van der Waals surface area contributed by atoms with Crippen LogP contribution < -0.4 is 0 Å². The van der Waals surface area contributed by atoms with Crippen molar-refractivity contribution in [3.8, 4) is 6.07 Å². The average Bonchev–Trinajstić information content (AvgIpc) is 2.19. The van der Waals surface area contributed by atoms with Crippen LogP contribution in [0, 0.1) is 16.7 Å². The highest BCUT2D eigenvalue weighted by Gasteiger charge is 2.21. The summed E-state index contributed by atoms with van der Waals surface area (Å²) in [5.41, 5.74) is 0.886. The fourth-order valence-corrected chi connectivity index (χ4v) is 1.20. The molecule has 2 heteroatoms. The average molecular weight is 174 g/mol. The smallest absolute Gasteiger partial charge is 0.0690 e. The summed E-state index contributed by atoms with van der Waals surface area (Å²) in [6, 6.07) is 6.27. The van der Waals surface area contributed by atoms with Crippen LogP contribution in [0.1, 0.15) is 25.8 Å². The molecule has 1 atom stereocenters. The molecule has 0 aliphatic carbocycles. The van der Waals surface area contributed by atoms with Crippen molar-refractivity contribution < 1.29 is 0 Å². The Hall–Kier alpha value is -1.36. The third kappa shape index (κ3) is 2.55.